The van der Waals surface area contributed by atoms with Gasteiger partial charge in [0, 0.05) is 30.4 Å². The fourth-order valence-electron chi connectivity index (χ4n) is 2.20. The summed E-state index contributed by atoms with van der Waals surface area (Å²) in [4.78, 5) is 2.25. The maximum absolute atomic E-state index is 5.75. The zero-order valence-electron chi connectivity index (χ0n) is 13.9. The van der Waals surface area contributed by atoms with E-state index in [2.05, 4.69) is 39.5 Å². The first kappa shape index (κ1) is 16.6. The highest BCUT2D eigenvalue weighted by molar-refractivity contribution is 5.85. The number of hydrogen-bond donors (Lipinski definition) is 2. The summed E-state index contributed by atoms with van der Waals surface area (Å²) in [7, 11) is 1.64. The lowest BCUT2D eigenvalue weighted by atomic mass is 10.2. The normalized spacial score (nSPS) is 11.0. The van der Waals surface area contributed by atoms with Crippen molar-refractivity contribution in [1.29, 1.82) is 0 Å². The van der Waals surface area contributed by atoms with Crippen LogP contribution in [0.5, 0.6) is 5.75 Å². The molecule has 0 amide bonds. The van der Waals surface area contributed by atoms with Crippen molar-refractivity contribution in [3.63, 3.8) is 0 Å². The molecule has 0 saturated carbocycles. The highest BCUT2D eigenvalue weighted by Gasteiger charge is 2.07. The average Bonchev–Trinajstić information content (AvgIpc) is 2.89. The minimum atomic E-state index is 0.373. The van der Waals surface area contributed by atoms with Gasteiger partial charge >= 0.3 is 0 Å². The van der Waals surface area contributed by atoms with E-state index in [9.17, 15) is 0 Å². The first-order valence-electron chi connectivity index (χ1n) is 7.49. The molecule has 1 aromatic carbocycles. The number of nitrogens with one attached hydrogen (secondary N) is 1. The maximum Gasteiger partial charge on any atom is 0.263 e. The Labute approximate surface area is 135 Å². The van der Waals surface area contributed by atoms with E-state index in [4.69, 9.17) is 10.6 Å². The second-order valence-electron chi connectivity index (χ2n) is 4.91. The molecule has 0 unspecified atom stereocenters. The number of hydrogen-bond acceptors (Lipinski definition) is 7. The fourth-order valence-corrected chi connectivity index (χ4v) is 2.20. The van der Waals surface area contributed by atoms with Crippen LogP contribution in [-0.2, 0) is 0 Å². The standard InChI is InChI=1S/C15H23N7O/c1-5-21(6-2)13-8-7-12(14(9-13)23-4)10-17-19-15-20-18-11(3)22(15)16/h7-10H,5-6,16H2,1-4H3,(H,19,20)/b17-10+. The molecule has 0 aliphatic heterocycles. The van der Waals surface area contributed by atoms with Crippen LogP contribution in [0, 0.1) is 6.92 Å². The Morgan fingerprint density at radius 3 is 2.65 bits per heavy atom. The van der Waals surface area contributed by atoms with Crippen molar-refractivity contribution < 1.29 is 4.74 Å². The van der Waals surface area contributed by atoms with Crippen LogP contribution < -0.4 is 20.9 Å². The van der Waals surface area contributed by atoms with E-state index in [1.165, 1.54) is 4.68 Å². The van der Waals surface area contributed by atoms with E-state index in [1.807, 2.05) is 18.2 Å². The lowest BCUT2D eigenvalue weighted by Crippen LogP contribution is -2.21. The van der Waals surface area contributed by atoms with Crippen molar-refractivity contribution in [3.8, 4) is 5.75 Å². The summed E-state index contributed by atoms with van der Waals surface area (Å²) in [6, 6.07) is 6.02. The first-order chi connectivity index (χ1) is 11.1. The molecule has 0 bridgehead atoms. The zero-order valence-corrected chi connectivity index (χ0v) is 13.9. The van der Waals surface area contributed by atoms with Gasteiger partial charge in [-0.1, -0.05) is 0 Å². The molecule has 1 heterocycles. The highest BCUT2D eigenvalue weighted by Crippen LogP contribution is 2.24. The van der Waals surface area contributed by atoms with Crippen molar-refractivity contribution in [3.05, 3.63) is 29.6 Å². The Kier molecular flexibility index (Phi) is 5.40. The van der Waals surface area contributed by atoms with Crippen LogP contribution in [0.3, 0.4) is 0 Å². The maximum atomic E-state index is 5.75. The number of hydrazone groups is 1. The molecule has 0 spiro atoms. The molecule has 0 aliphatic rings. The Balaban J connectivity index is 2.16. The molecule has 2 aromatic rings. The van der Waals surface area contributed by atoms with Crippen molar-refractivity contribution in [2.45, 2.75) is 20.8 Å². The Morgan fingerprint density at radius 1 is 1.35 bits per heavy atom. The third kappa shape index (κ3) is 3.71. The van der Waals surface area contributed by atoms with Crippen molar-refractivity contribution >= 4 is 17.9 Å². The molecular formula is C15H23N7O. The molecule has 0 radical (unpaired) electrons. The second kappa shape index (κ2) is 7.48. The number of nitrogen functional groups attached to an aromatic ring is 1. The summed E-state index contributed by atoms with van der Waals surface area (Å²) >= 11 is 0. The van der Waals surface area contributed by atoms with Gasteiger partial charge in [-0.3, -0.25) is 0 Å². The van der Waals surface area contributed by atoms with Crippen LogP contribution in [0.15, 0.2) is 23.3 Å². The summed E-state index contributed by atoms with van der Waals surface area (Å²) in [5, 5.41) is 11.9. The highest BCUT2D eigenvalue weighted by atomic mass is 16.5. The van der Waals surface area contributed by atoms with Crippen LogP contribution in [0.4, 0.5) is 11.6 Å². The van der Waals surface area contributed by atoms with E-state index in [1.54, 1.807) is 20.2 Å². The summed E-state index contributed by atoms with van der Waals surface area (Å²) < 4.78 is 6.78. The molecule has 0 fully saturated rings. The topological polar surface area (TPSA) is 93.6 Å². The summed E-state index contributed by atoms with van der Waals surface area (Å²) in [6.45, 7) is 7.90. The van der Waals surface area contributed by atoms with Crippen LogP contribution in [0.25, 0.3) is 0 Å². The van der Waals surface area contributed by atoms with E-state index < -0.39 is 0 Å². The number of aryl methyl sites for hydroxylation is 1. The van der Waals surface area contributed by atoms with Crippen molar-refractivity contribution in [1.82, 2.24) is 14.9 Å². The number of benzene rings is 1. The molecule has 1 aromatic heterocycles. The minimum Gasteiger partial charge on any atom is -0.496 e. The van der Waals surface area contributed by atoms with E-state index in [0.29, 0.717) is 11.8 Å². The third-order valence-corrected chi connectivity index (χ3v) is 3.58. The molecule has 0 atom stereocenters. The molecule has 0 aliphatic carbocycles. The van der Waals surface area contributed by atoms with Gasteiger partial charge in [-0.2, -0.15) is 5.10 Å². The first-order valence-corrected chi connectivity index (χ1v) is 7.49. The van der Waals surface area contributed by atoms with Crippen LogP contribution >= 0.6 is 0 Å². The van der Waals surface area contributed by atoms with Gasteiger partial charge in [0.2, 0.25) is 0 Å². The van der Waals surface area contributed by atoms with E-state index >= 15 is 0 Å². The second-order valence-corrected chi connectivity index (χ2v) is 4.91. The minimum absolute atomic E-state index is 0.373. The lowest BCUT2D eigenvalue weighted by Gasteiger charge is -2.21. The number of nitrogens with zero attached hydrogens (tertiary/aromatic N) is 5. The molecule has 2 rings (SSSR count). The van der Waals surface area contributed by atoms with E-state index in [-0.39, 0.29) is 0 Å². The number of anilines is 2. The summed E-state index contributed by atoms with van der Waals surface area (Å²) in [5.41, 5.74) is 4.74. The van der Waals surface area contributed by atoms with Gasteiger partial charge in [-0.25, -0.2) is 10.1 Å². The summed E-state index contributed by atoms with van der Waals surface area (Å²) in [6.07, 6.45) is 1.66. The lowest BCUT2D eigenvalue weighted by molar-refractivity contribution is 0.414. The monoisotopic (exact) mass is 317 g/mol. The Morgan fingerprint density at radius 2 is 2.09 bits per heavy atom. The van der Waals surface area contributed by atoms with Crippen LogP contribution in [0.1, 0.15) is 25.2 Å². The zero-order chi connectivity index (χ0) is 16.8. The van der Waals surface area contributed by atoms with Gasteiger partial charge in [0.25, 0.3) is 5.95 Å². The quantitative estimate of drug-likeness (QED) is 0.458. The van der Waals surface area contributed by atoms with Crippen molar-refractivity contribution in [2.75, 3.05) is 36.4 Å². The third-order valence-electron chi connectivity index (χ3n) is 3.58. The molecule has 3 N–H and O–H groups in total. The van der Waals surface area contributed by atoms with E-state index in [0.717, 1.165) is 30.1 Å². The van der Waals surface area contributed by atoms with Crippen molar-refractivity contribution in [2.24, 2.45) is 5.10 Å². The van der Waals surface area contributed by atoms with Crippen LogP contribution in [0.2, 0.25) is 0 Å². The Bertz CT molecular complexity index is 676. The number of nitrogens with two attached hydrogens (primary N) is 1. The predicted molar refractivity (Wildman–Crippen MR) is 92.7 cm³/mol. The van der Waals surface area contributed by atoms with Gasteiger partial charge in [0.05, 0.1) is 13.3 Å². The smallest absolute Gasteiger partial charge is 0.263 e. The molecule has 124 valence electrons. The number of methoxy groups -OCH3 is 1. The van der Waals surface area contributed by atoms with Gasteiger partial charge in [-0.15, -0.1) is 10.2 Å². The molecule has 23 heavy (non-hydrogen) atoms. The number of ether oxygens (including phenoxy) is 1. The number of rotatable bonds is 7. The molecule has 0 saturated heterocycles. The summed E-state index contributed by atoms with van der Waals surface area (Å²) in [5.74, 6) is 7.48. The number of aromatic nitrogens is 3. The fraction of sp³-hybridized carbons (Fsp3) is 0.400. The van der Waals surface area contributed by atoms with Gasteiger partial charge in [-0.05, 0) is 32.9 Å². The van der Waals surface area contributed by atoms with Gasteiger partial charge < -0.3 is 15.5 Å². The molecule has 8 heteroatoms. The predicted octanol–water partition coefficient (Wildman–Crippen LogP) is 1.60. The Hall–Kier alpha value is -2.77. The molecule has 8 nitrogen and oxygen atoms in total. The van der Waals surface area contributed by atoms with Crippen LogP contribution in [-0.4, -0.2) is 41.3 Å². The van der Waals surface area contributed by atoms with Gasteiger partial charge in [0.15, 0.2) is 5.82 Å². The SMILES string of the molecule is CCN(CC)c1ccc(/C=N/Nc2nnc(C)n2N)c(OC)c1. The average molecular weight is 317 g/mol. The van der Waals surface area contributed by atoms with Gasteiger partial charge in [0.1, 0.15) is 5.75 Å². The molecular weight excluding hydrogens is 294 g/mol. The largest absolute Gasteiger partial charge is 0.496 e.